The summed E-state index contributed by atoms with van der Waals surface area (Å²) in [5.74, 6) is -0.0154. The molecule has 0 spiro atoms. The first-order valence-corrected chi connectivity index (χ1v) is 4.66. The quantitative estimate of drug-likeness (QED) is 0.677. The number of aliphatic hydroxyl groups excluding tert-OH is 1. The van der Waals surface area contributed by atoms with E-state index in [4.69, 9.17) is 9.84 Å². The predicted octanol–water partition coefficient (Wildman–Crippen LogP) is 0.00460. The largest absolute Gasteiger partial charge is 0.392 e. The van der Waals surface area contributed by atoms with Crippen LogP contribution in [0.3, 0.4) is 0 Å². The van der Waals surface area contributed by atoms with Gasteiger partial charge in [-0.25, -0.2) is 0 Å². The van der Waals surface area contributed by atoms with E-state index in [0.29, 0.717) is 13.2 Å². The van der Waals surface area contributed by atoms with Crippen molar-refractivity contribution in [3.8, 4) is 0 Å². The van der Waals surface area contributed by atoms with E-state index in [-0.39, 0.29) is 12.0 Å². The highest BCUT2D eigenvalue weighted by Gasteiger charge is 2.26. The van der Waals surface area contributed by atoms with Gasteiger partial charge in [0.15, 0.2) is 0 Å². The summed E-state index contributed by atoms with van der Waals surface area (Å²) in [5, 5.41) is 9.08. The second-order valence-electron chi connectivity index (χ2n) is 3.57. The molecule has 1 fully saturated rings. The molecular formula is C9H17NO3. The first-order valence-electron chi connectivity index (χ1n) is 4.66. The molecule has 0 aromatic rings. The van der Waals surface area contributed by atoms with Crippen LogP contribution in [0.25, 0.3) is 0 Å². The molecule has 1 heterocycles. The van der Waals surface area contributed by atoms with Crippen LogP contribution in [-0.2, 0) is 9.53 Å². The van der Waals surface area contributed by atoms with Crippen LogP contribution in [0.15, 0.2) is 0 Å². The number of likely N-dealkylation sites (N-methyl/N-ethyl adjacent to an activating group) is 1. The highest BCUT2D eigenvalue weighted by Crippen LogP contribution is 2.14. The fraction of sp³-hybridized carbons (Fsp3) is 0.889. The lowest BCUT2D eigenvalue weighted by atomic mass is 10.2. The molecule has 1 N–H and O–H groups in total. The topological polar surface area (TPSA) is 49.8 Å². The molecule has 76 valence electrons. The number of hydrogen-bond donors (Lipinski definition) is 1. The SMILES string of the molecule is CC(O)CN(C)C(=O)[C@@H]1CCCO1. The van der Waals surface area contributed by atoms with E-state index in [0.717, 1.165) is 12.8 Å². The van der Waals surface area contributed by atoms with Gasteiger partial charge in [-0.05, 0) is 19.8 Å². The Hall–Kier alpha value is -0.610. The third kappa shape index (κ3) is 2.97. The molecule has 2 atom stereocenters. The standard InChI is InChI=1S/C9H17NO3/c1-7(11)6-10(2)9(12)8-4-3-5-13-8/h7-8,11H,3-6H2,1-2H3/t7?,8-/m0/s1. The third-order valence-electron chi connectivity index (χ3n) is 2.12. The highest BCUT2D eigenvalue weighted by molar-refractivity contribution is 5.80. The smallest absolute Gasteiger partial charge is 0.251 e. The van der Waals surface area contributed by atoms with Crippen molar-refractivity contribution in [2.24, 2.45) is 0 Å². The zero-order chi connectivity index (χ0) is 9.84. The summed E-state index contributed by atoms with van der Waals surface area (Å²) in [6, 6.07) is 0. The Bertz CT molecular complexity index is 176. The van der Waals surface area contributed by atoms with Crippen LogP contribution in [0.4, 0.5) is 0 Å². The molecule has 1 aliphatic rings. The van der Waals surface area contributed by atoms with Gasteiger partial charge in [0.25, 0.3) is 5.91 Å². The van der Waals surface area contributed by atoms with Gasteiger partial charge in [-0.15, -0.1) is 0 Å². The van der Waals surface area contributed by atoms with Crippen molar-refractivity contribution >= 4 is 5.91 Å². The highest BCUT2D eigenvalue weighted by atomic mass is 16.5. The molecule has 0 bridgehead atoms. The van der Waals surface area contributed by atoms with E-state index in [1.54, 1.807) is 14.0 Å². The Labute approximate surface area is 78.5 Å². The lowest BCUT2D eigenvalue weighted by Crippen LogP contribution is -2.39. The molecule has 4 nitrogen and oxygen atoms in total. The van der Waals surface area contributed by atoms with Gasteiger partial charge in [-0.2, -0.15) is 0 Å². The molecular weight excluding hydrogens is 170 g/mol. The molecule has 0 radical (unpaired) electrons. The van der Waals surface area contributed by atoms with E-state index >= 15 is 0 Å². The Morgan fingerprint density at radius 1 is 1.77 bits per heavy atom. The van der Waals surface area contributed by atoms with Crippen molar-refractivity contribution in [3.63, 3.8) is 0 Å². The number of ether oxygens (including phenoxy) is 1. The van der Waals surface area contributed by atoms with Crippen molar-refractivity contribution in [2.75, 3.05) is 20.2 Å². The monoisotopic (exact) mass is 187 g/mol. The van der Waals surface area contributed by atoms with Crippen LogP contribution >= 0.6 is 0 Å². The first kappa shape index (κ1) is 10.5. The van der Waals surface area contributed by atoms with Gasteiger partial charge < -0.3 is 14.7 Å². The maximum atomic E-state index is 11.6. The van der Waals surface area contributed by atoms with Crippen LogP contribution in [-0.4, -0.2) is 48.3 Å². The number of aliphatic hydroxyl groups is 1. The zero-order valence-electron chi connectivity index (χ0n) is 8.19. The Kier molecular flexibility index (Phi) is 3.69. The zero-order valence-corrected chi connectivity index (χ0v) is 8.19. The van der Waals surface area contributed by atoms with E-state index in [1.165, 1.54) is 4.90 Å². The van der Waals surface area contributed by atoms with Gasteiger partial charge in [0.05, 0.1) is 6.10 Å². The average Bonchev–Trinajstić information content (AvgIpc) is 2.53. The van der Waals surface area contributed by atoms with Crippen molar-refractivity contribution in [2.45, 2.75) is 32.0 Å². The Morgan fingerprint density at radius 2 is 2.46 bits per heavy atom. The number of carbonyl (C=O) groups excluding carboxylic acids is 1. The predicted molar refractivity (Wildman–Crippen MR) is 48.3 cm³/mol. The van der Waals surface area contributed by atoms with E-state index in [2.05, 4.69) is 0 Å². The minimum atomic E-state index is -0.477. The lowest BCUT2D eigenvalue weighted by Gasteiger charge is -2.21. The van der Waals surface area contributed by atoms with Gasteiger partial charge in [0, 0.05) is 20.2 Å². The molecule has 1 aliphatic heterocycles. The molecule has 1 amide bonds. The molecule has 1 rings (SSSR count). The summed E-state index contributed by atoms with van der Waals surface area (Å²) >= 11 is 0. The van der Waals surface area contributed by atoms with Crippen LogP contribution in [0.1, 0.15) is 19.8 Å². The lowest BCUT2D eigenvalue weighted by molar-refractivity contribution is -0.140. The number of nitrogens with zero attached hydrogens (tertiary/aromatic N) is 1. The minimum Gasteiger partial charge on any atom is -0.392 e. The minimum absolute atomic E-state index is 0.0154. The fourth-order valence-corrected chi connectivity index (χ4v) is 1.50. The van der Waals surface area contributed by atoms with Crippen molar-refractivity contribution < 1.29 is 14.6 Å². The second-order valence-corrected chi connectivity index (χ2v) is 3.57. The summed E-state index contributed by atoms with van der Waals surface area (Å²) in [6.07, 6.45) is 1.01. The van der Waals surface area contributed by atoms with Gasteiger partial charge in [-0.3, -0.25) is 4.79 Å². The number of amides is 1. The first-order chi connectivity index (χ1) is 6.11. The summed E-state index contributed by atoms with van der Waals surface area (Å²) in [4.78, 5) is 13.1. The summed E-state index contributed by atoms with van der Waals surface area (Å²) in [6.45, 7) is 2.72. The molecule has 13 heavy (non-hydrogen) atoms. The van der Waals surface area contributed by atoms with Crippen LogP contribution < -0.4 is 0 Å². The normalized spacial score (nSPS) is 24.4. The third-order valence-corrected chi connectivity index (χ3v) is 2.12. The van der Waals surface area contributed by atoms with E-state index < -0.39 is 6.10 Å². The van der Waals surface area contributed by atoms with Gasteiger partial charge in [-0.1, -0.05) is 0 Å². The fourth-order valence-electron chi connectivity index (χ4n) is 1.50. The maximum absolute atomic E-state index is 11.6. The molecule has 0 aliphatic carbocycles. The summed E-state index contributed by atoms with van der Waals surface area (Å²) in [5.41, 5.74) is 0. The molecule has 0 aromatic carbocycles. The summed E-state index contributed by atoms with van der Waals surface area (Å²) in [7, 11) is 1.69. The van der Waals surface area contributed by atoms with Crippen LogP contribution in [0.2, 0.25) is 0 Å². The molecule has 4 heteroatoms. The van der Waals surface area contributed by atoms with Crippen molar-refractivity contribution in [1.82, 2.24) is 4.90 Å². The average molecular weight is 187 g/mol. The van der Waals surface area contributed by atoms with E-state index in [9.17, 15) is 4.79 Å². The van der Waals surface area contributed by atoms with Gasteiger partial charge in [0.1, 0.15) is 6.10 Å². The van der Waals surface area contributed by atoms with Crippen LogP contribution in [0, 0.1) is 0 Å². The number of rotatable bonds is 3. The van der Waals surface area contributed by atoms with Crippen molar-refractivity contribution in [3.05, 3.63) is 0 Å². The second kappa shape index (κ2) is 4.58. The van der Waals surface area contributed by atoms with Gasteiger partial charge >= 0.3 is 0 Å². The Balaban J connectivity index is 2.36. The molecule has 0 aromatic heterocycles. The van der Waals surface area contributed by atoms with E-state index in [1.807, 2.05) is 0 Å². The van der Waals surface area contributed by atoms with Crippen LogP contribution in [0.5, 0.6) is 0 Å². The number of hydrogen-bond acceptors (Lipinski definition) is 3. The molecule has 1 unspecified atom stereocenters. The molecule has 1 saturated heterocycles. The maximum Gasteiger partial charge on any atom is 0.251 e. The molecule has 0 saturated carbocycles. The van der Waals surface area contributed by atoms with Gasteiger partial charge in [0.2, 0.25) is 0 Å². The number of carbonyl (C=O) groups is 1. The van der Waals surface area contributed by atoms with Crippen molar-refractivity contribution in [1.29, 1.82) is 0 Å². The summed E-state index contributed by atoms with van der Waals surface area (Å²) < 4.78 is 5.24. The Morgan fingerprint density at radius 3 is 2.92 bits per heavy atom.